The molecule has 2 amide bonds. The summed E-state index contributed by atoms with van der Waals surface area (Å²) < 4.78 is 5.42. The number of nitrogens with two attached hydrogens (primary N) is 1. The van der Waals surface area contributed by atoms with Gasteiger partial charge in [-0.1, -0.05) is 18.2 Å². The van der Waals surface area contributed by atoms with Gasteiger partial charge in [0.1, 0.15) is 5.60 Å². The molecule has 2 N–H and O–H groups in total. The third-order valence-electron chi connectivity index (χ3n) is 4.23. The summed E-state index contributed by atoms with van der Waals surface area (Å²) in [4.78, 5) is 36.5. The second kappa shape index (κ2) is 7.38. The predicted octanol–water partition coefficient (Wildman–Crippen LogP) is 1.71. The van der Waals surface area contributed by atoms with Crippen molar-refractivity contribution in [2.45, 2.75) is 32.8 Å². The van der Waals surface area contributed by atoms with Crippen LogP contribution in [0.2, 0.25) is 0 Å². The van der Waals surface area contributed by atoms with Crippen LogP contribution >= 0.6 is 0 Å². The maximum atomic E-state index is 12.2. The summed E-state index contributed by atoms with van der Waals surface area (Å²) in [6.07, 6.45) is -0.246. The average molecular weight is 371 g/mol. The van der Waals surface area contributed by atoms with Crippen molar-refractivity contribution in [3.63, 3.8) is 0 Å². The van der Waals surface area contributed by atoms with Crippen molar-refractivity contribution < 1.29 is 14.3 Å². The van der Waals surface area contributed by atoms with Crippen molar-refractivity contribution in [2.75, 3.05) is 31.1 Å². The number of aromatic nitrogens is 2. The number of para-hydroxylation sites is 1. The molecule has 0 atom stereocenters. The first-order chi connectivity index (χ1) is 12.7. The molecule has 8 nitrogen and oxygen atoms in total. The van der Waals surface area contributed by atoms with E-state index in [-0.39, 0.29) is 12.5 Å². The van der Waals surface area contributed by atoms with Crippen molar-refractivity contribution in [1.29, 1.82) is 0 Å². The molecule has 0 radical (unpaired) electrons. The lowest BCUT2D eigenvalue weighted by Crippen LogP contribution is -2.50. The minimum Gasteiger partial charge on any atom is -0.444 e. The molecule has 1 aromatic heterocycles. The monoisotopic (exact) mass is 371 g/mol. The van der Waals surface area contributed by atoms with Crippen molar-refractivity contribution >= 4 is 28.9 Å². The van der Waals surface area contributed by atoms with E-state index >= 15 is 0 Å². The first-order valence-electron chi connectivity index (χ1n) is 9.00. The number of carbonyl (C=O) groups excluding carboxylic acids is 2. The van der Waals surface area contributed by atoms with Crippen molar-refractivity contribution in [3.05, 3.63) is 30.0 Å². The molecule has 144 valence electrons. The lowest BCUT2D eigenvalue weighted by Gasteiger charge is -2.35. The van der Waals surface area contributed by atoms with E-state index in [2.05, 4.69) is 9.97 Å². The number of nitrogens with zero attached hydrogens (tertiary/aromatic N) is 4. The normalized spacial score (nSPS) is 15.1. The maximum absolute atomic E-state index is 12.2. The lowest BCUT2D eigenvalue weighted by atomic mass is 10.1. The molecule has 0 aliphatic carbocycles. The number of carbonyl (C=O) groups is 2. The van der Waals surface area contributed by atoms with Crippen LogP contribution in [0.25, 0.3) is 10.9 Å². The van der Waals surface area contributed by atoms with Gasteiger partial charge in [-0.2, -0.15) is 0 Å². The second-order valence-electron chi connectivity index (χ2n) is 7.58. The summed E-state index contributed by atoms with van der Waals surface area (Å²) in [6.45, 7) is 7.78. The van der Waals surface area contributed by atoms with Crippen molar-refractivity contribution in [3.8, 4) is 0 Å². The lowest BCUT2D eigenvalue weighted by molar-refractivity contribution is -0.117. The van der Waals surface area contributed by atoms with Gasteiger partial charge in [-0.3, -0.25) is 4.79 Å². The number of hydrogen-bond acceptors (Lipinski definition) is 6. The van der Waals surface area contributed by atoms with Gasteiger partial charge < -0.3 is 20.3 Å². The average Bonchev–Trinajstić information content (AvgIpc) is 2.60. The van der Waals surface area contributed by atoms with Crippen LogP contribution in [0.15, 0.2) is 24.3 Å². The molecule has 1 aliphatic rings. The Hall–Kier alpha value is -2.90. The van der Waals surface area contributed by atoms with Gasteiger partial charge in [0.05, 0.1) is 17.6 Å². The van der Waals surface area contributed by atoms with Gasteiger partial charge in [0.15, 0.2) is 0 Å². The second-order valence-corrected chi connectivity index (χ2v) is 7.58. The summed E-state index contributed by atoms with van der Waals surface area (Å²) in [5, 5.41) is 0.826. The van der Waals surface area contributed by atoms with Crippen LogP contribution < -0.4 is 10.6 Å². The molecule has 8 heteroatoms. The van der Waals surface area contributed by atoms with Gasteiger partial charge in [0.2, 0.25) is 11.9 Å². The predicted molar refractivity (Wildman–Crippen MR) is 102 cm³/mol. The molecule has 0 spiro atoms. The standard InChI is InChI=1S/C19H25N5O3/c1-19(2,3)27-18(26)24-10-8-23(9-11-24)17-21-14-7-5-4-6-13(14)15(22-17)12-16(20)25/h4-7H,8-12H2,1-3H3,(H2,20,25). The number of hydrogen-bond donors (Lipinski definition) is 1. The highest BCUT2D eigenvalue weighted by molar-refractivity contribution is 5.87. The van der Waals surface area contributed by atoms with Crippen LogP contribution in [0.1, 0.15) is 26.5 Å². The molecule has 2 aromatic rings. The molecule has 1 aromatic carbocycles. The van der Waals surface area contributed by atoms with Gasteiger partial charge in [-0.05, 0) is 26.8 Å². The van der Waals surface area contributed by atoms with E-state index in [1.165, 1.54) is 0 Å². The highest BCUT2D eigenvalue weighted by atomic mass is 16.6. The number of amides is 2. The van der Waals surface area contributed by atoms with Crippen LogP contribution in [0.4, 0.5) is 10.7 Å². The summed E-state index contributed by atoms with van der Waals surface area (Å²) in [5.41, 5.74) is 6.25. The van der Waals surface area contributed by atoms with Gasteiger partial charge in [-0.25, -0.2) is 14.8 Å². The van der Waals surface area contributed by atoms with Crippen molar-refractivity contribution in [2.24, 2.45) is 5.73 Å². The van der Waals surface area contributed by atoms with E-state index in [9.17, 15) is 9.59 Å². The SMILES string of the molecule is CC(C)(C)OC(=O)N1CCN(c2nc(CC(N)=O)c3ccccc3n2)CC1. The van der Waals surface area contributed by atoms with Gasteiger partial charge >= 0.3 is 6.09 Å². The fourth-order valence-electron chi connectivity index (χ4n) is 2.99. The fourth-order valence-corrected chi connectivity index (χ4v) is 2.99. The summed E-state index contributed by atoms with van der Waals surface area (Å²) in [6, 6.07) is 7.56. The van der Waals surface area contributed by atoms with E-state index in [0.717, 1.165) is 10.9 Å². The van der Waals surface area contributed by atoms with Crippen LogP contribution in [0.3, 0.4) is 0 Å². The van der Waals surface area contributed by atoms with Crippen LogP contribution in [-0.2, 0) is 16.0 Å². The van der Waals surface area contributed by atoms with Gasteiger partial charge in [0.25, 0.3) is 0 Å². The van der Waals surface area contributed by atoms with Gasteiger partial charge in [-0.15, -0.1) is 0 Å². The zero-order valence-electron chi connectivity index (χ0n) is 15.9. The summed E-state index contributed by atoms with van der Waals surface area (Å²) >= 11 is 0. The molecular weight excluding hydrogens is 346 g/mol. The molecule has 3 rings (SSSR count). The quantitative estimate of drug-likeness (QED) is 0.881. The Morgan fingerprint density at radius 2 is 1.78 bits per heavy atom. The number of fused-ring (bicyclic) bond motifs is 1. The number of anilines is 1. The number of rotatable bonds is 3. The zero-order chi connectivity index (χ0) is 19.6. The molecule has 27 heavy (non-hydrogen) atoms. The Balaban J connectivity index is 1.77. The molecule has 0 bridgehead atoms. The first-order valence-corrected chi connectivity index (χ1v) is 9.00. The Kier molecular flexibility index (Phi) is 5.16. The molecule has 2 heterocycles. The zero-order valence-corrected chi connectivity index (χ0v) is 15.9. The smallest absolute Gasteiger partial charge is 0.410 e. The topological polar surface area (TPSA) is 102 Å². The summed E-state index contributed by atoms with van der Waals surface area (Å²) in [5.74, 6) is 0.119. The Labute approximate surface area is 158 Å². The molecule has 0 unspecified atom stereocenters. The van der Waals surface area contributed by atoms with Crippen molar-refractivity contribution in [1.82, 2.24) is 14.9 Å². The Morgan fingerprint density at radius 3 is 2.41 bits per heavy atom. The summed E-state index contributed by atoms with van der Waals surface area (Å²) in [7, 11) is 0. The van der Waals surface area contributed by atoms with E-state index < -0.39 is 11.5 Å². The van der Waals surface area contributed by atoms with Crippen LogP contribution in [-0.4, -0.2) is 58.6 Å². The highest BCUT2D eigenvalue weighted by Gasteiger charge is 2.27. The number of primary amides is 1. The molecule has 1 fully saturated rings. The number of benzene rings is 1. The molecule has 1 saturated heterocycles. The first kappa shape index (κ1) is 18.9. The third-order valence-corrected chi connectivity index (χ3v) is 4.23. The number of ether oxygens (including phenoxy) is 1. The highest BCUT2D eigenvalue weighted by Crippen LogP contribution is 2.21. The molecule has 1 aliphatic heterocycles. The van der Waals surface area contributed by atoms with Crippen LogP contribution in [0.5, 0.6) is 0 Å². The molecule has 0 saturated carbocycles. The maximum Gasteiger partial charge on any atom is 0.410 e. The van der Waals surface area contributed by atoms with E-state index in [4.69, 9.17) is 10.5 Å². The van der Waals surface area contributed by atoms with Crippen LogP contribution in [0, 0.1) is 0 Å². The number of piperazine rings is 1. The third kappa shape index (κ3) is 4.64. The van der Waals surface area contributed by atoms with E-state index in [0.29, 0.717) is 37.8 Å². The van der Waals surface area contributed by atoms with E-state index in [1.54, 1.807) is 4.90 Å². The minimum absolute atomic E-state index is 0.0634. The van der Waals surface area contributed by atoms with Gasteiger partial charge in [0, 0.05) is 31.6 Å². The fraction of sp³-hybridized carbons (Fsp3) is 0.474. The largest absolute Gasteiger partial charge is 0.444 e. The van der Waals surface area contributed by atoms with E-state index in [1.807, 2.05) is 49.9 Å². The Bertz CT molecular complexity index is 854. The molecular formula is C19H25N5O3. The minimum atomic E-state index is -0.515. The Morgan fingerprint density at radius 1 is 1.11 bits per heavy atom.